The van der Waals surface area contributed by atoms with Gasteiger partial charge >= 0.3 is 0 Å². The lowest BCUT2D eigenvalue weighted by atomic mass is 10.0. The minimum atomic E-state index is -0.827. The smallest absolute Gasteiger partial charge is 0.240 e. The second-order valence-corrected chi connectivity index (χ2v) is 6.14. The predicted octanol–water partition coefficient (Wildman–Crippen LogP) is 3.36. The number of amides is 2. The van der Waals surface area contributed by atoms with Crippen LogP contribution in [0.3, 0.4) is 0 Å². The monoisotopic (exact) mass is 302 g/mol. The number of para-hydroxylation sites is 1. The summed E-state index contributed by atoms with van der Waals surface area (Å²) in [6.45, 7) is 7.53. The van der Waals surface area contributed by atoms with Crippen molar-refractivity contribution in [2.45, 2.75) is 46.5 Å². The Morgan fingerprint density at radius 3 is 2.23 bits per heavy atom. The molecule has 1 aromatic carbocycles. The molecule has 0 aromatic heterocycles. The number of hydrogen-bond acceptors (Lipinski definition) is 2. The summed E-state index contributed by atoms with van der Waals surface area (Å²) < 4.78 is 0. The van der Waals surface area contributed by atoms with Crippen LogP contribution in [-0.4, -0.2) is 29.8 Å². The van der Waals surface area contributed by atoms with Gasteiger partial charge in [-0.25, -0.2) is 0 Å². The first-order valence-electron chi connectivity index (χ1n) is 8.21. The van der Waals surface area contributed by atoms with Crippen LogP contribution >= 0.6 is 0 Å². The Labute approximate surface area is 132 Å². The summed E-state index contributed by atoms with van der Waals surface area (Å²) in [4.78, 5) is 27.3. The molecule has 1 aliphatic rings. The van der Waals surface area contributed by atoms with E-state index >= 15 is 0 Å². The molecule has 4 heteroatoms. The summed E-state index contributed by atoms with van der Waals surface area (Å²) in [7, 11) is 0. The van der Waals surface area contributed by atoms with Crippen LogP contribution in [0.15, 0.2) is 24.3 Å². The number of rotatable bonds is 7. The summed E-state index contributed by atoms with van der Waals surface area (Å²) >= 11 is 0. The Hall–Kier alpha value is -1.84. The summed E-state index contributed by atoms with van der Waals surface area (Å²) in [6.07, 6.45) is 3.16. The molecule has 2 amide bonds. The van der Waals surface area contributed by atoms with E-state index in [4.69, 9.17) is 0 Å². The van der Waals surface area contributed by atoms with E-state index in [0.717, 1.165) is 37.2 Å². The molecule has 1 aromatic rings. The van der Waals surface area contributed by atoms with Crippen molar-refractivity contribution in [1.82, 2.24) is 4.90 Å². The number of nitrogens with zero attached hydrogens (tertiary/aromatic N) is 1. The second kappa shape index (κ2) is 6.95. The Morgan fingerprint density at radius 2 is 1.73 bits per heavy atom. The van der Waals surface area contributed by atoms with E-state index in [0.29, 0.717) is 12.8 Å². The SMILES string of the molecule is CCCN(CCC)C(=O)C1(C(=O)Nc2ccccc2C)CC1. The molecule has 1 N–H and O–H groups in total. The van der Waals surface area contributed by atoms with Gasteiger partial charge in [-0.3, -0.25) is 9.59 Å². The fourth-order valence-electron chi connectivity index (χ4n) is 2.78. The topological polar surface area (TPSA) is 49.4 Å². The summed E-state index contributed by atoms with van der Waals surface area (Å²) in [5.74, 6) is -0.147. The average molecular weight is 302 g/mol. The number of carbonyl (C=O) groups excluding carboxylic acids is 2. The zero-order valence-corrected chi connectivity index (χ0v) is 13.8. The van der Waals surface area contributed by atoms with Crippen molar-refractivity contribution in [2.24, 2.45) is 5.41 Å². The molecule has 0 heterocycles. The first kappa shape index (κ1) is 16.5. The van der Waals surface area contributed by atoms with Crippen molar-refractivity contribution in [3.8, 4) is 0 Å². The fourth-order valence-corrected chi connectivity index (χ4v) is 2.78. The first-order chi connectivity index (χ1) is 10.5. The van der Waals surface area contributed by atoms with Crippen molar-refractivity contribution < 1.29 is 9.59 Å². The summed E-state index contributed by atoms with van der Waals surface area (Å²) in [6, 6.07) is 7.67. The van der Waals surface area contributed by atoms with Gasteiger partial charge in [0.1, 0.15) is 5.41 Å². The average Bonchev–Trinajstić information content (AvgIpc) is 3.30. The number of nitrogens with one attached hydrogen (secondary N) is 1. The molecule has 0 saturated heterocycles. The van der Waals surface area contributed by atoms with E-state index in [2.05, 4.69) is 19.2 Å². The molecular weight excluding hydrogens is 276 g/mol. The molecule has 0 bridgehead atoms. The summed E-state index contributed by atoms with van der Waals surface area (Å²) in [5.41, 5.74) is 0.981. The third-order valence-corrected chi connectivity index (χ3v) is 4.26. The van der Waals surface area contributed by atoms with Crippen LogP contribution in [0.2, 0.25) is 0 Å². The van der Waals surface area contributed by atoms with Crippen molar-refractivity contribution >= 4 is 17.5 Å². The van der Waals surface area contributed by atoms with Crippen LogP contribution in [-0.2, 0) is 9.59 Å². The lowest BCUT2D eigenvalue weighted by Gasteiger charge is -2.26. The van der Waals surface area contributed by atoms with Crippen LogP contribution in [0.4, 0.5) is 5.69 Å². The Balaban J connectivity index is 2.11. The number of hydrogen-bond donors (Lipinski definition) is 1. The minimum absolute atomic E-state index is 0.00211. The maximum atomic E-state index is 12.8. The normalized spacial score (nSPS) is 15.2. The second-order valence-electron chi connectivity index (χ2n) is 6.14. The van der Waals surface area contributed by atoms with Crippen molar-refractivity contribution in [3.63, 3.8) is 0 Å². The van der Waals surface area contributed by atoms with Gasteiger partial charge in [-0.2, -0.15) is 0 Å². The van der Waals surface area contributed by atoms with Gasteiger partial charge < -0.3 is 10.2 Å². The maximum Gasteiger partial charge on any atom is 0.240 e. The number of aryl methyl sites for hydroxylation is 1. The van der Waals surface area contributed by atoms with Gasteiger partial charge in [-0.05, 0) is 44.2 Å². The number of anilines is 1. The van der Waals surface area contributed by atoms with Gasteiger partial charge in [0.15, 0.2) is 0 Å². The predicted molar refractivity (Wildman–Crippen MR) is 88.6 cm³/mol. The van der Waals surface area contributed by atoms with E-state index < -0.39 is 5.41 Å². The van der Waals surface area contributed by atoms with E-state index in [1.165, 1.54) is 0 Å². The molecular formula is C18H26N2O2. The molecule has 2 rings (SSSR count). The zero-order valence-electron chi connectivity index (χ0n) is 13.8. The highest BCUT2D eigenvalue weighted by Crippen LogP contribution is 2.48. The number of carbonyl (C=O) groups is 2. The zero-order chi connectivity index (χ0) is 16.2. The Kier molecular flexibility index (Phi) is 5.22. The van der Waals surface area contributed by atoms with Gasteiger partial charge in [0.2, 0.25) is 11.8 Å². The van der Waals surface area contributed by atoms with Crippen LogP contribution in [0.5, 0.6) is 0 Å². The van der Waals surface area contributed by atoms with Gasteiger partial charge in [-0.1, -0.05) is 32.0 Å². The largest absolute Gasteiger partial charge is 0.342 e. The highest BCUT2D eigenvalue weighted by Gasteiger charge is 2.57. The van der Waals surface area contributed by atoms with Gasteiger partial charge in [0, 0.05) is 18.8 Å². The lowest BCUT2D eigenvalue weighted by Crippen LogP contribution is -2.43. The molecule has 0 unspecified atom stereocenters. The minimum Gasteiger partial charge on any atom is -0.342 e. The molecule has 1 fully saturated rings. The molecule has 120 valence electrons. The van der Waals surface area contributed by atoms with E-state index in [-0.39, 0.29) is 11.8 Å². The van der Waals surface area contributed by atoms with Crippen LogP contribution < -0.4 is 5.32 Å². The molecule has 0 aliphatic heterocycles. The highest BCUT2D eigenvalue weighted by atomic mass is 16.2. The van der Waals surface area contributed by atoms with E-state index in [9.17, 15) is 9.59 Å². The van der Waals surface area contributed by atoms with Gasteiger partial charge in [0.05, 0.1) is 0 Å². The molecule has 1 saturated carbocycles. The van der Waals surface area contributed by atoms with Crippen LogP contribution in [0, 0.1) is 12.3 Å². The van der Waals surface area contributed by atoms with Gasteiger partial charge in [0.25, 0.3) is 0 Å². The lowest BCUT2D eigenvalue weighted by molar-refractivity contribution is -0.142. The Bertz CT molecular complexity index is 544. The van der Waals surface area contributed by atoms with Crippen molar-refractivity contribution in [1.29, 1.82) is 0 Å². The molecule has 1 aliphatic carbocycles. The standard InChI is InChI=1S/C18H26N2O2/c1-4-12-20(13-5-2)17(22)18(10-11-18)16(21)19-15-9-7-6-8-14(15)3/h6-9H,4-5,10-13H2,1-3H3,(H,19,21). The van der Waals surface area contributed by atoms with E-state index in [1.54, 1.807) is 0 Å². The van der Waals surface area contributed by atoms with Crippen LogP contribution in [0.1, 0.15) is 45.1 Å². The van der Waals surface area contributed by atoms with Gasteiger partial charge in [-0.15, -0.1) is 0 Å². The van der Waals surface area contributed by atoms with Crippen molar-refractivity contribution in [3.05, 3.63) is 29.8 Å². The first-order valence-corrected chi connectivity index (χ1v) is 8.21. The van der Waals surface area contributed by atoms with Crippen LogP contribution in [0.25, 0.3) is 0 Å². The highest BCUT2D eigenvalue weighted by molar-refractivity contribution is 6.13. The molecule has 22 heavy (non-hydrogen) atoms. The Morgan fingerprint density at radius 1 is 1.14 bits per heavy atom. The summed E-state index contributed by atoms with van der Waals surface area (Å²) in [5, 5.41) is 2.95. The third kappa shape index (κ3) is 3.32. The third-order valence-electron chi connectivity index (χ3n) is 4.26. The maximum absolute atomic E-state index is 12.8. The molecule has 4 nitrogen and oxygen atoms in total. The fraction of sp³-hybridized carbons (Fsp3) is 0.556. The molecule has 0 radical (unpaired) electrons. The molecule has 0 spiro atoms. The molecule has 0 atom stereocenters. The van der Waals surface area contributed by atoms with Crippen molar-refractivity contribution in [2.75, 3.05) is 18.4 Å². The number of benzene rings is 1. The van der Waals surface area contributed by atoms with E-state index in [1.807, 2.05) is 36.1 Å². The quantitative estimate of drug-likeness (QED) is 0.785.